The van der Waals surface area contributed by atoms with E-state index < -0.39 is 5.97 Å². The monoisotopic (exact) mass is 434 g/mol. The maximum atomic E-state index is 12.3. The quantitative estimate of drug-likeness (QED) is 0.490. The number of fused-ring (bicyclic) bond motifs is 3. The number of carboxylic acid groups (broad SMARTS) is 1. The second kappa shape index (κ2) is 7.55. The van der Waals surface area contributed by atoms with Crippen LogP contribution in [0.5, 0.6) is 0 Å². The minimum absolute atomic E-state index is 0.0288. The number of aromatic carboxylic acids is 1. The maximum absolute atomic E-state index is 12.3. The van der Waals surface area contributed by atoms with Gasteiger partial charge in [-0.3, -0.25) is 9.30 Å². The number of hydrogen-bond acceptors (Lipinski definition) is 4. The summed E-state index contributed by atoms with van der Waals surface area (Å²) in [5.41, 5.74) is 3.62. The number of imidazole rings is 1. The number of benzene rings is 2. The largest absolute Gasteiger partial charge is 0.478 e. The molecule has 5 rings (SSSR count). The van der Waals surface area contributed by atoms with Crippen LogP contribution in [0, 0.1) is 0 Å². The van der Waals surface area contributed by atoms with Crippen LogP contribution in [-0.4, -0.2) is 52.2 Å². The minimum Gasteiger partial charge on any atom is -0.478 e. The summed E-state index contributed by atoms with van der Waals surface area (Å²) in [6.45, 7) is 0.854. The molecule has 0 saturated carbocycles. The van der Waals surface area contributed by atoms with Crippen molar-refractivity contribution in [2.24, 2.45) is 0 Å². The van der Waals surface area contributed by atoms with Gasteiger partial charge in [-0.15, -0.1) is 0 Å². The molecular formula is C24H23ClN4O2. The van der Waals surface area contributed by atoms with Crippen LogP contribution < -0.4 is 4.90 Å². The third-order valence-corrected chi connectivity index (χ3v) is 6.40. The fourth-order valence-electron chi connectivity index (χ4n) is 4.70. The van der Waals surface area contributed by atoms with Crippen molar-refractivity contribution >= 4 is 40.1 Å². The summed E-state index contributed by atoms with van der Waals surface area (Å²) in [5, 5.41) is 10.3. The van der Waals surface area contributed by atoms with Gasteiger partial charge in [-0.2, -0.15) is 0 Å². The molecule has 3 heterocycles. The SMILES string of the molecule is CN(C)C1CCCN1c1c(-c2ccccc2)c(Cl)c(C(=O)O)c2nc3ccccc3n12. The number of carbonyl (C=O) groups is 1. The molecular weight excluding hydrogens is 412 g/mol. The molecule has 6 nitrogen and oxygen atoms in total. The number of para-hydroxylation sites is 2. The lowest BCUT2D eigenvalue weighted by atomic mass is 10.0. The van der Waals surface area contributed by atoms with E-state index in [0.29, 0.717) is 5.65 Å². The molecule has 0 aliphatic carbocycles. The molecule has 0 bridgehead atoms. The predicted octanol–water partition coefficient (Wildman–Crippen LogP) is 4.99. The Hall–Kier alpha value is -3.09. The summed E-state index contributed by atoms with van der Waals surface area (Å²) in [5.74, 6) is -0.194. The smallest absolute Gasteiger partial charge is 0.341 e. The van der Waals surface area contributed by atoms with Gasteiger partial charge >= 0.3 is 5.97 Å². The average molecular weight is 435 g/mol. The van der Waals surface area contributed by atoms with Crippen LogP contribution in [0.4, 0.5) is 5.82 Å². The fourth-order valence-corrected chi connectivity index (χ4v) is 5.06. The first-order chi connectivity index (χ1) is 15.0. The van der Waals surface area contributed by atoms with Crippen LogP contribution in [-0.2, 0) is 0 Å². The second-order valence-electron chi connectivity index (χ2n) is 8.10. The first-order valence-corrected chi connectivity index (χ1v) is 10.7. The van der Waals surface area contributed by atoms with Crippen LogP contribution in [0.2, 0.25) is 5.02 Å². The molecule has 1 aliphatic heterocycles. The van der Waals surface area contributed by atoms with Crippen molar-refractivity contribution in [2.45, 2.75) is 19.0 Å². The van der Waals surface area contributed by atoms with Crippen molar-refractivity contribution in [3.05, 3.63) is 65.2 Å². The Balaban J connectivity index is 1.99. The van der Waals surface area contributed by atoms with Gasteiger partial charge in [0, 0.05) is 12.1 Å². The molecule has 1 aliphatic rings. The Morgan fingerprint density at radius 2 is 1.84 bits per heavy atom. The number of hydrogen-bond donors (Lipinski definition) is 1. The van der Waals surface area contributed by atoms with E-state index in [-0.39, 0.29) is 16.8 Å². The Labute approximate surface area is 185 Å². The zero-order valence-corrected chi connectivity index (χ0v) is 18.2. The molecule has 1 atom stereocenters. The Kier molecular flexibility index (Phi) is 4.84. The van der Waals surface area contributed by atoms with Crippen LogP contribution in [0.25, 0.3) is 27.8 Å². The highest BCUT2D eigenvalue weighted by Gasteiger charge is 2.34. The van der Waals surface area contributed by atoms with E-state index in [1.54, 1.807) is 0 Å². The summed E-state index contributed by atoms with van der Waals surface area (Å²) in [6.07, 6.45) is 2.25. The van der Waals surface area contributed by atoms with Crippen molar-refractivity contribution in [1.82, 2.24) is 14.3 Å². The first-order valence-electron chi connectivity index (χ1n) is 10.3. The zero-order chi connectivity index (χ0) is 21.7. The van der Waals surface area contributed by atoms with E-state index in [0.717, 1.165) is 47.4 Å². The molecule has 0 amide bonds. The van der Waals surface area contributed by atoms with E-state index in [1.807, 2.05) is 59.0 Å². The van der Waals surface area contributed by atoms with Crippen molar-refractivity contribution in [3.8, 4) is 11.1 Å². The molecule has 1 fully saturated rings. The molecule has 1 unspecified atom stereocenters. The highest BCUT2D eigenvalue weighted by molar-refractivity contribution is 6.38. The van der Waals surface area contributed by atoms with E-state index >= 15 is 0 Å². The normalized spacial score (nSPS) is 16.6. The summed E-state index contributed by atoms with van der Waals surface area (Å²) >= 11 is 6.88. The highest BCUT2D eigenvalue weighted by atomic mass is 35.5. The van der Waals surface area contributed by atoms with Crippen molar-refractivity contribution in [2.75, 3.05) is 25.5 Å². The number of anilines is 1. The van der Waals surface area contributed by atoms with E-state index in [1.165, 1.54) is 0 Å². The van der Waals surface area contributed by atoms with Crippen LogP contribution in [0.1, 0.15) is 23.2 Å². The average Bonchev–Trinajstić information content (AvgIpc) is 3.38. The standard InChI is InChI=1S/C24H23ClN4O2/c1-27(2)18-13-8-14-28(18)23-19(15-9-4-3-5-10-15)21(25)20(24(30)31)22-26-16-11-6-7-12-17(16)29(22)23/h3-7,9-12,18H,8,13-14H2,1-2H3,(H,30,31). The lowest BCUT2D eigenvalue weighted by molar-refractivity contribution is 0.0698. The maximum Gasteiger partial charge on any atom is 0.341 e. The van der Waals surface area contributed by atoms with Gasteiger partial charge in [0.05, 0.1) is 22.2 Å². The van der Waals surface area contributed by atoms with Gasteiger partial charge in [0.2, 0.25) is 0 Å². The Morgan fingerprint density at radius 1 is 1.13 bits per heavy atom. The first kappa shape index (κ1) is 19.8. The molecule has 2 aromatic carbocycles. The van der Waals surface area contributed by atoms with E-state index in [9.17, 15) is 9.90 Å². The third kappa shape index (κ3) is 3.06. The molecule has 4 aromatic rings. The zero-order valence-electron chi connectivity index (χ0n) is 17.4. The van der Waals surface area contributed by atoms with Crippen LogP contribution in [0.3, 0.4) is 0 Å². The summed E-state index contributed by atoms with van der Waals surface area (Å²) in [7, 11) is 4.14. The molecule has 1 N–H and O–H groups in total. The number of pyridine rings is 1. The molecule has 1 saturated heterocycles. The van der Waals surface area contributed by atoms with Crippen molar-refractivity contribution < 1.29 is 9.90 Å². The molecule has 7 heteroatoms. The molecule has 2 aromatic heterocycles. The lowest BCUT2D eigenvalue weighted by Crippen LogP contribution is -2.41. The predicted molar refractivity (Wildman–Crippen MR) is 124 cm³/mol. The van der Waals surface area contributed by atoms with Gasteiger partial charge in [0.15, 0.2) is 5.65 Å². The van der Waals surface area contributed by atoms with Gasteiger partial charge < -0.3 is 10.0 Å². The number of nitrogens with zero attached hydrogens (tertiary/aromatic N) is 4. The number of halogens is 1. The second-order valence-corrected chi connectivity index (χ2v) is 8.48. The number of aromatic nitrogens is 2. The van der Waals surface area contributed by atoms with E-state index in [4.69, 9.17) is 16.6 Å². The minimum atomic E-state index is -1.08. The Bertz CT molecular complexity index is 1300. The summed E-state index contributed by atoms with van der Waals surface area (Å²) in [4.78, 5) is 21.6. The lowest BCUT2D eigenvalue weighted by Gasteiger charge is -2.34. The van der Waals surface area contributed by atoms with Gasteiger partial charge in [-0.1, -0.05) is 54.1 Å². The van der Waals surface area contributed by atoms with Crippen molar-refractivity contribution in [1.29, 1.82) is 0 Å². The molecule has 0 spiro atoms. The van der Waals surface area contributed by atoms with Crippen molar-refractivity contribution in [3.63, 3.8) is 0 Å². The van der Waals surface area contributed by atoms with Crippen LogP contribution >= 0.6 is 11.6 Å². The van der Waals surface area contributed by atoms with Gasteiger partial charge in [-0.05, 0) is 44.6 Å². The van der Waals surface area contributed by atoms with E-state index in [2.05, 4.69) is 23.9 Å². The molecule has 158 valence electrons. The third-order valence-electron chi connectivity index (χ3n) is 6.02. The topological polar surface area (TPSA) is 61.1 Å². The van der Waals surface area contributed by atoms with Gasteiger partial charge in [0.25, 0.3) is 0 Å². The highest BCUT2D eigenvalue weighted by Crippen LogP contribution is 2.44. The fraction of sp³-hybridized carbons (Fsp3) is 0.250. The van der Waals surface area contributed by atoms with Gasteiger partial charge in [-0.25, -0.2) is 9.78 Å². The summed E-state index contributed by atoms with van der Waals surface area (Å²) < 4.78 is 1.98. The molecule has 0 radical (unpaired) electrons. The van der Waals surface area contributed by atoms with Crippen LogP contribution in [0.15, 0.2) is 54.6 Å². The Morgan fingerprint density at radius 3 is 2.55 bits per heavy atom. The number of rotatable bonds is 4. The summed E-state index contributed by atoms with van der Waals surface area (Å²) in [6, 6.07) is 17.5. The molecule has 31 heavy (non-hydrogen) atoms. The van der Waals surface area contributed by atoms with Gasteiger partial charge in [0.1, 0.15) is 11.4 Å². The number of carboxylic acids is 1.